The van der Waals surface area contributed by atoms with Gasteiger partial charge < -0.3 is 4.74 Å². The number of para-hydroxylation sites is 3. The summed E-state index contributed by atoms with van der Waals surface area (Å²) in [6, 6.07) is 48.2. The van der Waals surface area contributed by atoms with Crippen molar-refractivity contribution >= 4 is 32.8 Å². The van der Waals surface area contributed by atoms with Crippen molar-refractivity contribution in [2.24, 2.45) is 0 Å². The normalized spacial score (nSPS) is 12.5. The Kier molecular flexibility index (Phi) is 10.9. The summed E-state index contributed by atoms with van der Waals surface area (Å²) in [5.41, 5.74) is 15.7. The Morgan fingerprint density at radius 3 is 1.84 bits per heavy atom. The number of hydrogen-bond acceptors (Lipinski definition) is 2. The number of benzene rings is 6. The molecule has 0 unspecified atom stereocenters. The minimum atomic E-state index is -0.00629. The number of rotatable bonds is 9. The first-order chi connectivity index (χ1) is 30.5. The molecule has 64 heavy (non-hydrogen) atoms. The summed E-state index contributed by atoms with van der Waals surface area (Å²) in [4.78, 5) is 5.06. The molecular weight excluding hydrogens is 781 g/mol. The number of nitrogens with zero attached hydrogens (tertiary/aromatic N) is 4. The first-order valence-corrected chi connectivity index (χ1v) is 23.0. The molecule has 5 nitrogen and oxygen atoms in total. The molecule has 0 spiro atoms. The van der Waals surface area contributed by atoms with Gasteiger partial charge in [0, 0.05) is 23.0 Å². The van der Waals surface area contributed by atoms with E-state index in [1.54, 1.807) is 0 Å². The van der Waals surface area contributed by atoms with Crippen molar-refractivity contribution in [3.8, 4) is 39.8 Å². The van der Waals surface area contributed by atoms with E-state index in [0.717, 1.165) is 56.1 Å². The zero-order valence-corrected chi connectivity index (χ0v) is 39.7. The third kappa shape index (κ3) is 7.91. The van der Waals surface area contributed by atoms with Crippen LogP contribution in [-0.2, 0) is 10.8 Å². The second kappa shape index (κ2) is 16.3. The van der Waals surface area contributed by atoms with Crippen LogP contribution in [0.2, 0.25) is 0 Å². The van der Waals surface area contributed by atoms with Crippen LogP contribution in [0.5, 0.6) is 11.5 Å². The van der Waals surface area contributed by atoms with Crippen LogP contribution in [0.1, 0.15) is 129 Å². The Hall–Kier alpha value is -6.46. The molecule has 0 saturated heterocycles. The molecule has 0 aliphatic carbocycles. The molecule has 5 heteroatoms. The Morgan fingerprint density at radius 1 is 0.562 bits per heavy atom. The molecule has 0 saturated carbocycles. The Bertz CT molecular complexity index is 3140. The highest BCUT2D eigenvalue weighted by Crippen LogP contribution is 2.41. The highest BCUT2D eigenvalue weighted by Gasteiger charge is 2.24. The van der Waals surface area contributed by atoms with Crippen molar-refractivity contribution in [2.75, 3.05) is 0 Å². The molecule has 0 fully saturated rings. The monoisotopic (exact) mass is 842 g/mol. The molecule has 0 bridgehead atoms. The molecule has 0 N–H and O–H groups in total. The predicted octanol–water partition coefficient (Wildman–Crippen LogP) is 15.6. The molecule has 9 aromatic rings. The second-order valence-electron chi connectivity index (χ2n) is 20.6. The van der Waals surface area contributed by atoms with Crippen LogP contribution >= 0.6 is 0 Å². The Morgan fingerprint density at radius 2 is 1.19 bits per heavy atom. The van der Waals surface area contributed by atoms with Gasteiger partial charge in [-0.05, 0) is 128 Å². The van der Waals surface area contributed by atoms with E-state index >= 15 is 0 Å². The molecule has 9 rings (SSSR count). The summed E-state index contributed by atoms with van der Waals surface area (Å²) < 4.78 is 13.4. The lowest BCUT2D eigenvalue weighted by Crippen LogP contribution is -2.31. The molecule has 324 valence electrons. The van der Waals surface area contributed by atoms with Gasteiger partial charge >= 0.3 is 0 Å². The van der Waals surface area contributed by atoms with Crippen LogP contribution < -0.4 is 9.30 Å². The van der Waals surface area contributed by atoms with Crippen LogP contribution in [0.15, 0.2) is 140 Å². The second-order valence-corrected chi connectivity index (χ2v) is 20.6. The van der Waals surface area contributed by atoms with Crippen molar-refractivity contribution in [3.63, 3.8) is 0 Å². The van der Waals surface area contributed by atoms with E-state index in [-0.39, 0.29) is 10.8 Å². The highest BCUT2D eigenvalue weighted by atomic mass is 16.5. The van der Waals surface area contributed by atoms with E-state index in [1.807, 2.05) is 12.3 Å². The van der Waals surface area contributed by atoms with E-state index < -0.39 is 0 Å². The first kappa shape index (κ1) is 42.8. The van der Waals surface area contributed by atoms with Gasteiger partial charge in [-0.15, -0.1) is 0 Å². The predicted molar refractivity (Wildman–Crippen MR) is 267 cm³/mol. The van der Waals surface area contributed by atoms with Crippen molar-refractivity contribution in [1.82, 2.24) is 14.1 Å². The molecule has 0 amide bonds. The third-order valence-corrected chi connectivity index (χ3v) is 12.8. The summed E-state index contributed by atoms with van der Waals surface area (Å²) in [6.07, 6.45) is 5.72. The topological polar surface area (TPSA) is 35.9 Å². The standard InChI is InChI=1S/C59H62N4O/c1-37(2)41-28-50(38(3)4)57(51(29-41)39(5)6)40-26-27-60-56(30-40)63-52-21-14-13-20-48(52)49-25-24-47(35-55(49)63)64-46-19-17-18-44(34-46)61-36-62(54-23-16-15-22-53(54)61)45-32-42(58(7,8)9)31-43(33-45)59(10,11)12/h13-35,37-39H,1-12H3. The summed E-state index contributed by atoms with van der Waals surface area (Å²) >= 11 is 0. The van der Waals surface area contributed by atoms with Crippen LogP contribution in [0, 0.1) is 6.33 Å². The number of fused-ring (bicyclic) bond motifs is 4. The lowest BCUT2D eigenvalue weighted by Gasteiger charge is -2.26. The molecule has 3 aromatic heterocycles. The van der Waals surface area contributed by atoms with Gasteiger partial charge in [0.05, 0.1) is 33.4 Å². The lowest BCUT2D eigenvalue weighted by atomic mass is 9.80. The number of hydrogen-bond donors (Lipinski definition) is 0. The molecule has 0 radical (unpaired) electrons. The largest absolute Gasteiger partial charge is 0.458 e. The van der Waals surface area contributed by atoms with E-state index in [4.69, 9.17) is 9.72 Å². The Labute approximate surface area is 380 Å². The van der Waals surface area contributed by atoms with Gasteiger partial charge in [-0.3, -0.25) is 13.7 Å². The van der Waals surface area contributed by atoms with Gasteiger partial charge in [-0.25, -0.2) is 4.98 Å². The van der Waals surface area contributed by atoms with Crippen molar-refractivity contribution in [1.29, 1.82) is 0 Å². The van der Waals surface area contributed by atoms with Crippen LogP contribution in [0.3, 0.4) is 0 Å². The summed E-state index contributed by atoms with van der Waals surface area (Å²) in [5, 5.41) is 2.33. The fourth-order valence-corrected chi connectivity index (χ4v) is 9.12. The van der Waals surface area contributed by atoms with Crippen molar-refractivity contribution < 1.29 is 9.30 Å². The van der Waals surface area contributed by atoms with Crippen molar-refractivity contribution in [2.45, 2.75) is 112 Å². The quantitative estimate of drug-likeness (QED) is 0.107. The van der Waals surface area contributed by atoms with Gasteiger partial charge in [-0.2, -0.15) is 0 Å². The summed E-state index contributed by atoms with van der Waals surface area (Å²) in [6.45, 7) is 27.5. The van der Waals surface area contributed by atoms with Gasteiger partial charge in [0.1, 0.15) is 17.3 Å². The molecule has 0 aliphatic heterocycles. The van der Waals surface area contributed by atoms with E-state index in [0.29, 0.717) is 17.8 Å². The molecule has 0 aliphatic rings. The minimum absolute atomic E-state index is 0.00629. The fourth-order valence-electron chi connectivity index (χ4n) is 9.12. The maximum absolute atomic E-state index is 6.79. The van der Waals surface area contributed by atoms with E-state index in [1.165, 1.54) is 44.3 Å². The number of aromatic nitrogens is 4. The van der Waals surface area contributed by atoms with Gasteiger partial charge in [0.2, 0.25) is 0 Å². The maximum atomic E-state index is 6.79. The zero-order chi connectivity index (χ0) is 45.2. The first-order valence-electron chi connectivity index (χ1n) is 23.0. The molecule has 0 atom stereocenters. The molecule has 3 heterocycles. The van der Waals surface area contributed by atoms with Gasteiger partial charge in [-0.1, -0.05) is 150 Å². The summed E-state index contributed by atoms with van der Waals surface area (Å²) in [7, 11) is 0. The smallest absolute Gasteiger partial charge is 0.269 e. The van der Waals surface area contributed by atoms with Crippen molar-refractivity contribution in [3.05, 3.63) is 174 Å². The average Bonchev–Trinajstić information content (AvgIpc) is 3.81. The fraction of sp³-hybridized carbons (Fsp3) is 0.288. The van der Waals surface area contributed by atoms with Crippen LogP contribution in [-0.4, -0.2) is 14.1 Å². The van der Waals surface area contributed by atoms with Gasteiger partial charge in [0.15, 0.2) is 0 Å². The van der Waals surface area contributed by atoms with Crippen LogP contribution in [0.4, 0.5) is 0 Å². The molecule has 6 aromatic carbocycles. The molecular formula is C59H62N4O. The SMILES string of the molecule is CC(C)c1cc(C(C)C)c(-c2ccnc(-n3c4ccccc4c4ccc(Oc5cccc(-n6[c-][n+](-c7cc(C(C)(C)C)cc(C(C)(C)C)c7)c7ccccc76)c5)cc43)c2)c(C(C)C)c1. The minimum Gasteiger partial charge on any atom is -0.458 e. The maximum Gasteiger partial charge on any atom is 0.269 e. The average molecular weight is 843 g/mol. The van der Waals surface area contributed by atoms with E-state index in [9.17, 15) is 0 Å². The lowest BCUT2D eigenvalue weighted by molar-refractivity contribution is -0.572. The summed E-state index contributed by atoms with van der Waals surface area (Å²) in [5.74, 6) is 3.58. The Balaban J connectivity index is 1.13. The third-order valence-electron chi connectivity index (χ3n) is 12.8. The number of ether oxygens (including phenoxy) is 1. The number of pyridine rings is 1. The zero-order valence-electron chi connectivity index (χ0n) is 39.7. The number of imidazole rings is 1. The van der Waals surface area contributed by atoms with E-state index in [2.05, 4.69) is 231 Å². The van der Waals surface area contributed by atoms with Crippen LogP contribution in [0.25, 0.3) is 61.2 Å². The highest BCUT2D eigenvalue weighted by molar-refractivity contribution is 6.09. The van der Waals surface area contributed by atoms with Gasteiger partial charge in [0.25, 0.3) is 6.33 Å².